The van der Waals surface area contributed by atoms with E-state index in [1.807, 2.05) is 0 Å². The molecule has 6 aromatic carbocycles. The molecule has 0 atom stereocenters. The maximum Gasteiger partial charge on any atom is 0.113 e. The average molecular weight is 620 g/mol. The molecule has 0 N–H and O–H groups in total. The van der Waals surface area contributed by atoms with E-state index in [2.05, 4.69) is 188 Å². The van der Waals surface area contributed by atoms with Gasteiger partial charge in [0.1, 0.15) is 8.07 Å². The highest BCUT2D eigenvalue weighted by molar-refractivity contribution is 7.03. The Hall–Kier alpha value is -5.44. The Kier molecular flexibility index (Phi) is 7.23. The van der Waals surface area contributed by atoms with E-state index in [9.17, 15) is 0 Å². The van der Waals surface area contributed by atoms with Crippen LogP contribution in [-0.2, 0) is 0 Å². The van der Waals surface area contributed by atoms with E-state index < -0.39 is 8.07 Å². The van der Waals surface area contributed by atoms with Gasteiger partial charge in [0.25, 0.3) is 0 Å². The lowest BCUT2D eigenvalue weighted by Gasteiger charge is -2.28. The first-order chi connectivity index (χ1) is 23.0. The van der Waals surface area contributed by atoms with Crippen molar-refractivity contribution in [1.82, 2.24) is 0 Å². The van der Waals surface area contributed by atoms with Crippen LogP contribution in [0.2, 0.25) is 13.1 Å². The quantitative estimate of drug-likeness (QED) is 0.178. The molecule has 0 saturated heterocycles. The Morgan fingerprint density at radius 3 is 1.74 bits per heavy atom. The highest BCUT2D eigenvalue weighted by Gasteiger charge is 2.38. The summed E-state index contributed by atoms with van der Waals surface area (Å²) in [6.45, 7) is 10.4. The molecule has 6 aromatic rings. The molecule has 2 heteroatoms. The topological polar surface area (TPSA) is 3.24 Å². The lowest BCUT2D eigenvalue weighted by molar-refractivity contribution is 1.09. The predicted octanol–water partition coefficient (Wildman–Crippen LogP) is 10.6. The summed E-state index contributed by atoms with van der Waals surface area (Å²) < 4.78 is 0. The first-order valence-electron chi connectivity index (χ1n) is 16.4. The summed E-state index contributed by atoms with van der Waals surface area (Å²) in [5.41, 5.74) is 14.7. The minimum atomic E-state index is -1.96. The Bertz CT molecular complexity index is 2190. The Balaban J connectivity index is 1.24. The van der Waals surface area contributed by atoms with Gasteiger partial charge in [0.05, 0.1) is 0 Å². The molecule has 1 nitrogen and oxygen atoms in total. The third-order valence-corrected chi connectivity index (χ3v) is 13.4. The van der Waals surface area contributed by atoms with Crippen molar-refractivity contribution in [3.8, 4) is 33.4 Å². The number of benzene rings is 6. The van der Waals surface area contributed by atoms with Gasteiger partial charge >= 0.3 is 0 Å². The fourth-order valence-electron chi connectivity index (χ4n) is 7.29. The molecule has 0 bridgehead atoms. The van der Waals surface area contributed by atoms with Gasteiger partial charge in [-0.2, -0.15) is 0 Å². The maximum atomic E-state index is 4.65. The minimum absolute atomic E-state index is 0.751. The van der Waals surface area contributed by atoms with Gasteiger partial charge in [-0.15, -0.1) is 0 Å². The van der Waals surface area contributed by atoms with Gasteiger partial charge in [-0.25, -0.2) is 0 Å². The fourth-order valence-corrected chi connectivity index (χ4v) is 10.4. The van der Waals surface area contributed by atoms with Gasteiger partial charge in [-0.3, -0.25) is 0 Å². The van der Waals surface area contributed by atoms with E-state index in [1.165, 1.54) is 66.3 Å². The van der Waals surface area contributed by atoms with E-state index in [0.29, 0.717) is 0 Å². The molecule has 0 spiro atoms. The number of allylic oxidation sites excluding steroid dienone is 4. The summed E-state index contributed by atoms with van der Waals surface area (Å²) in [5.74, 6) is 0. The Morgan fingerprint density at radius 1 is 0.532 bits per heavy atom. The minimum Gasteiger partial charge on any atom is -0.337 e. The average Bonchev–Trinajstić information content (AvgIpc) is 3.38. The highest BCUT2D eigenvalue weighted by atomic mass is 28.3. The van der Waals surface area contributed by atoms with Crippen molar-refractivity contribution in [1.29, 1.82) is 0 Å². The van der Waals surface area contributed by atoms with Crippen molar-refractivity contribution < 1.29 is 0 Å². The molecule has 0 fully saturated rings. The van der Waals surface area contributed by atoms with Crippen molar-refractivity contribution in [3.05, 3.63) is 182 Å². The van der Waals surface area contributed by atoms with Crippen LogP contribution in [0, 0.1) is 0 Å². The molecule has 2 aliphatic rings. The normalized spacial score (nSPS) is 16.5. The molecular weight excluding hydrogens is 583 g/mol. The van der Waals surface area contributed by atoms with Gasteiger partial charge < -0.3 is 4.90 Å². The van der Waals surface area contributed by atoms with Crippen LogP contribution in [0.4, 0.5) is 11.4 Å². The summed E-state index contributed by atoms with van der Waals surface area (Å²) in [7, 11) is -1.96. The molecule has 47 heavy (non-hydrogen) atoms. The first-order valence-corrected chi connectivity index (χ1v) is 19.4. The number of hydrogen-bond donors (Lipinski definition) is 0. The standard InChI is InChI=1S/C45H37NSi/c1-32-28-36(33-14-7-4-8-15-33)20-13-27-46(43-26-22-37(29-42(32)43)34-16-9-5-10-17-34)39-23-25-41-40-24-21-38(35-18-11-6-12-19-35)30-44(40)47(2,3)45(41)31-39/h4-26,28-31H,1,27H2,2-3H3/b20-13-,36-28+. The molecule has 0 aliphatic carbocycles. The summed E-state index contributed by atoms with van der Waals surface area (Å²) >= 11 is 0. The van der Waals surface area contributed by atoms with Crippen LogP contribution >= 0.6 is 0 Å². The second-order valence-corrected chi connectivity index (χ2v) is 17.4. The fraction of sp³-hybridized carbons (Fsp3) is 0.0667. The summed E-state index contributed by atoms with van der Waals surface area (Å²) in [6.07, 6.45) is 6.79. The second kappa shape index (κ2) is 11.7. The lowest BCUT2D eigenvalue weighted by atomic mass is 9.95. The molecule has 0 saturated carbocycles. The molecule has 0 aromatic heterocycles. The lowest BCUT2D eigenvalue weighted by Crippen LogP contribution is -2.49. The van der Waals surface area contributed by atoms with Gasteiger partial charge in [0, 0.05) is 23.5 Å². The zero-order valence-corrected chi connectivity index (χ0v) is 27.9. The summed E-state index contributed by atoms with van der Waals surface area (Å²) in [6, 6.07) is 53.1. The smallest absolute Gasteiger partial charge is 0.113 e. The number of hydrogen-bond acceptors (Lipinski definition) is 1. The largest absolute Gasteiger partial charge is 0.337 e. The molecule has 0 radical (unpaired) electrons. The van der Waals surface area contributed by atoms with Crippen LogP contribution in [-0.4, -0.2) is 14.6 Å². The monoisotopic (exact) mass is 619 g/mol. The zero-order valence-electron chi connectivity index (χ0n) is 26.9. The molecular formula is C45H37NSi. The first kappa shape index (κ1) is 29.0. The van der Waals surface area contributed by atoms with Gasteiger partial charge in [0.2, 0.25) is 0 Å². The van der Waals surface area contributed by atoms with Gasteiger partial charge in [0.15, 0.2) is 0 Å². The molecule has 8 rings (SSSR count). The van der Waals surface area contributed by atoms with E-state index in [-0.39, 0.29) is 0 Å². The number of nitrogens with zero attached hydrogens (tertiary/aromatic N) is 1. The van der Waals surface area contributed by atoms with Gasteiger partial charge in [-0.05, 0) is 90.8 Å². The van der Waals surface area contributed by atoms with E-state index in [0.717, 1.165) is 17.7 Å². The third-order valence-electron chi connectivity index (χ3n) is 9.84. The van der Waals surface area contributed by atoms with Crippen LogP contribution in [0.15, 0.2) is 170 Å². The molecule has 2 heterocycles. The van der Waals surface area contributed by atoms with Crippen molar-refractivity contribution in [2.45, 2.75) is 13.1 Å². The van der Waals surface area contributed by atoms with Crippen molar-refractivity contribution in [3.63, 3.8) is 0 Å². The summed E-state index contributed by atoms with van der Waals surface area (Å²) in [5, 5.41) is 3.02. The number of fused-ring (bicyclic) bond motifs is 4. The molecule has 226 valence electrons. The molecule has 0 amide bonds. The van der Waals surface area contributed by atoms with Crippen LogP contribution in [0.1, 0.15) is 11.1 Å². The van der Waals surface area contributed by atoms with Crippen LogP contribution in [0.3, 0.4) is 0 Å². The van der Waals surface area contributed by atoms with Crippen LogP contribution in [0.25, 0.3) is 44.5 Å². The molecule has 0 unspecified atom stereocenters. The van der Waals surface area contributed by atoms with Crippen LogP contribution < -0.4 is 15.3 Å². The predicted molar refractivity (Wildman–Crippen MR) is 206 cm³/mol. The number of anilines is 2. The maximum absolute atomic E-state index is 4.65. The van der Waals surface area contributed by atoms with E-state index in [1.54, 1.807) is 0 Å². The Labute approximate surface area is 279 Å². The Morgan fingerprint density at radius 2 is 1.09 bits per heavy atom. The van der Waals surface area contributed by atoms with Gasteiger partial charge in [-0.1, -0.05) is 153 Å². The second-order valence-electron chi connectivity index (χ2n) is 13.1. The van der Waals surface area contributed by atoms with Crippen molar-refractivity contribution in [2.24, 2.45) is 0 Å². The van der Waals surface area contributed by atoms with Crippen LogP contribution in [0.5, 0.6) is 0 Å². The highest BCUT2D eigenvalue weighted by Crippen LogP contribution is 2.40. The number of rotatable bonds is 4. The van der Waals surface area contributed by atoms with Crippen molar-refractivity contribution in [2.75, 3.05) is 11.4 Å². The van der Waals surface area contributed by atoms with Crippen molar-refractivity contribution >= 4 is 41.0 Å². The molecule has 2 aliphatic heterocycles. The third kappa shape index (κ3) is 5.21. The van der Waals surface area contributed by atoms with E-state index >= 15 is 0 Å². The van der Waals surface area contributed by atoms with E-state index in [4.69, 9.17) is 0 Å². The SMILES string of the molecule is C=C1/C=C(c2ccccc2)\C=C/CN(c2ccc3c(c2)[Si](C)(C)c2cc(-c4ccccc4)ccc2-3)c2ccc(-c3ccccc3)cc21. The zero-order chi connectivity index (χ0) is 32.0. The summed E-state index contributed by atoms with van der Waals surface area (Å²) in [4.78, 5) is 2.47.